The minimum absolute atomic E-state index is 0.169. The predicted molar refractivity (Wildman–Crippen MR) is 85.7 cm³/mol. The molecular weight excluding hydrogens is 294 g/mol. The van der Waals surface area contributed by atoms with Gasteiger partial charge in [0, 0.05) is 43.0 Å². The van der Waals surface area contributed by atoms with E-state index in [0.717, 1.165) is 11.3 Å². The number of aromatic nitrogens is 2. The number of imidazole rings is 1. The lowest BCUT2D eigenvalue weighted by atomic mass is 10.1. The summed E-state index contributed by atoms with van der Waals surface area (Å²) in [6.07, 6.45) is 5.39. The van der Waals surface area contributed by atoms with E-state index in [0.29, 0.717) is 11.1 Å². The molecule has 0 N–H and O–H groups in total. The Morgan fingerprint density at radius 3 is 2.48 bits per heavy atom. The topological polar surface area (TPSA) is 63.9 Å². The maximum Gasteiger partial charge on any atom is 0.337 e. The molecule has 1 aromatic carbocycles. The van der Waals surface area contributed by atoms with Crippen LogP contribution in [-0.4, -0.2) is 35.4 Å². The minimum atomic E-state index is -0.429. The van der Waals surface area contributed by atoms with E-state index in [-0.39, 0.29) is 5.91 Å². The SMILES string of the molecule is COC(=O)c1ccc(C(=O)N(C)c2ccn3ccnc3c2)cc1. The first-order valence-electron chi connectivity index (χ1n) is 6.99. The van der Waals surface area contributed by atoms with Gasteiger partial charge in [0.15, 0.2) is 0 Å². The number of rotatable bonds is 3. The number of hydrogen-bond acceptors (Lipinski definition) is 4. The molecule has 0 spiro atoms. The summed E-state index contributed by atoms with van der Waals surface area (Å²) in [6.45, 7) is 0. The largest absolute Gasteiger partial charge is 0.465 e. The fraction of sp³-hybridized carbons (Fsp3) is 0.118. The van der Waals surface area contributed by atoms with Gasteiger partial charge in [0.1, 0.15) is 5.65 Å². The molecule has 2 aromatic heterocycles. The Morgan fingerprint density at radius 1 is 1.09 bits per heavy atom. The number of carbonyl (C=O) groups excluding carboxylic acids is 2. The maximum atomic E-state index is 12.6. The molecule has 2 heterocycles. The van der Waals surface area contributed by atoms with Crippen LogP contribution in [0.15, 0.2) is 55.0 Å². The number of esters is 1. The molecule has 23 heavy (non-hydrogen) atoms. The number of methoxy groups -OCH3 is 1. The van der Waals surface area contributed by atoms with Crippen LogP contribution in [0.1, 0.15) is 20.7 Å². The summed E-state index contributed by atoms with van der Waals surface area (Å²) in [6, 6.07) is 10.0. The first-order chi connectivity index (χ1) is 11.1. The molecule has 6 nitrogen and oxygen atoms in total. The highest BCUT2D eigenvalue weighted by Crippen LogP contribution is 2.18. The van der Waals surface area contributed by atoms with Crippen molar-refractivity contribution >= 4 is 23.2 Å². The second-order valence-electron chi connectivity index (χ2n) is 5.01. The summed E-state index contributed by atoms with van der Waals surface area (Å²) in [5.41, 5.74) is 2.41. The fourth-order valence-corrected chi connectivity index (χ4v) is 2.29. The molecule has 3 aromatic rings. The van der Waals surface area contributed by atoms with E-state index >= 15 is 0 Å². The van der Waals surface area contributed by atoms with E-state index in [4.69, 9.17) is 0 Å². The third kappa shape index (κ3) is 2.78. The zero-order chi connectivity index (χ0) is 16.4. The highest BCUT2D eigenvalue weighted by molar-refractivity contribution is 6.06. The lowest BCUT2D eigenvalue weighted by Crippen LogP contribution is -2.26. The van der Waals surface area contributed by atoms with Crippen molar-refractivity contribution < 1.29 is 14.3 Å². The second-order valence-corrected chi connectivity index (χ2v) is 5.01. The molecular formula is C17H15N3O3. The van der Waals surface area contributed by atoms with Crippen molar-refractivity contribution in [2.45, 2.75) is 0 Å². The summed E-state index contributed by atoms with van der Waals surface area (Å²) < 4.78 is 6.51. The third-order valence-corrected chi connectivity index (χ3v) is 3.63. The molecule has 0 saturated heterocycles. The molecule has 0 aliphatic rings. The van der Waals surface area contributed by atoms with Gasteiger partial charge in [-0.3, -0.25) is 4.79 Å². The number of nitrogens with zero attached hydrogens (tertiary/aromatic N) is 3. The van der Waals surface area contributed by atoms with Gasteiger partial charge in [-0.05, 0) is 30.3 Å². The van der Waals surface area contributed by atoms with Crippen molar-refractivity contribution in [2.24, 2.45) is 0 Å². The lowest BCUT2D eigenvalue weighted by molar-refractivity contribution is 0.0600. The van der Waals surface area contributed by atoms with E-state index in [9.17, 15) is 9.59 Å². The van der Waals surface area contributed by atoms with E-state index < -0.39 is 5.97 Å². The molecule has 6 heteroatoms. The standard InChI is InChI=1S/C17H15N3O3/c1-19(14-7-9-20-10-8-18-15(20)11-14)16(21)12-3-5-13(6-4-12)17(22)23-2/h3-11H,1-2H3. The summed E-state index contributed by atoms with van der Waals surface area (Å²) in [5.74, 6) is -0.598. The normalized spacial score (nSPS) is 10.5. The van der Waals surface area contributed by atoms with Crippen LogP contribution in [0.2, 0.25) is 0 Å². The number of fused-ring (bicyclic) bond motifs is 1. The molecule has 0 aliphatic heterocycles. The molecule has 0 aliphatic carbocycles. The maximum absolute atomic E-state index is 12.6. The summed E-state index contributed by atoms with van der Waals surface area (Å²) in [7, 11) is 3.02. The molecule has 0 unspecified atom stereocenters. The van der Waals surface area contributed by atoms with E-state index in [1.165, 1.54) is 7.11 Å². The molecule has 0 saturated carbocycles. The minimum Gasteiger partial charge on any atom is -0.465 e. The van der Waals surface area contributed by atoms with Gasteiger partial charge in [-0.2, -0.15) is 0 Å². The Hall–Kier alpha value is -3.15. The predicted octanol–water partition coefficient (Wildman–Crippen LogP) is 2.40. The molecule has 0 bridgehead atoms. The Labute approximate surface area is 132 Å². The Bertz CT molecular complexity index is 868. The first kappa shape index (κ1) is 14.8. The molecule has 116 valence electrons. The van der Waals surface area contributed by atoms with Gasteiger partial charge in [0.05, 0.1) is 12.7 Å². The van der Waals surface area contributed by atoms with Crippen LogP contribution in [0, 0.1) is 0 Å². The van der Waals surface area contributed by atoms with Gasteiger partial charge in [0.2, 0.25) is 0 Å². The van der Waals surface area contributed by atoms with Crippen LogP contribution in [0.3, 0.4) is 0 Å². The highest BCUT2D eigenvalue weighted by Gasteiger charge is 2.15. The van der Waals surface area contributed by atoms with Crippen molar-refractivity contribution in [1.82, 2.24) is 9.38 Å². The summed E-state index contributed by atoms with van der Waals surface area (Å²) in [5, 5.41) is 0. The van der Waals surface area contributed by atoms with Gasteiger partial charge in [-0.25, -0.2) is 9.78 Å². The van der Waals surface area contributed by atoms with Gasteiger partial charge in [-0.15, -0.1) is 0 Å². The van der Waals surface area contributed by atoms with Crippen molar-refractivity contribution in [3.8, 4) is 0 Å². The van der Waals surface area contributed by atoms with Crippen LogP contribution >= 0.6 is 0 Å². The van der Waals surface area contributed by atoms with Crippen LogP contribution in [-0.2, 0) is 4.74 Å². The van der Waals surface area contributed by atoms with Gasteiger partial charge in [-0.1, -0.05) is 0 Å². The number of hydrogen-bond donors (Lipinski definition) is 0. The molecule has 3 rings (SSSR count). The molecule has 0 radical (unpaired) electrons. The Balaban J connectivity index is 1.85. The zero-order valence-corrected chi connectivity index (χ0v) is 12.8. The van der Waals surface area contributed by atoms with Crippen molar-refractivity contribution in [3.63, 3.8) is 0 Å². The number of anilines is 1. The third-order valence-electron chi connectivity index (χ3n) is 3.63. The lowest BCUT2D eigenvalue weighted by Gasteiger charge is -2.17. The van der Waals surface area contributed by atoms with Crippen LogP contribution < -0.4 is 4.90 Å². The zero-order valence-electron chi connectivity index (χ0n) is 12.8. The van der Waals surface area contributed by atoms with E-state index in [1.54, 1.807) is 42.4 Å². The number of amides is 1. The number of ether oxygens (including phenoxy) is 1. The second kappa shape index (κ2) is 5.92. The molecule has 0 atom stereocenters. The molecule has 1 amide bonds. The number of pyridine rings is 1. The summed E-state index contributed by atoms with van der Waals surface area (Å²) in [4.78, 5) is 29.7. The average molecular weight is 309 g/mol. The molecule has 0 fully saturated rings. The Morgan fingerprint density at radius 2 is 1.78 bits per heavy atom. The fourth-order valence-electron chi connectivity index (χ4n) is 2.29. The first-order valence-corrected chi connectivity index (χ1v) is 6.99. The van der Waals surface area contributed by atoms with Crippen LogP contribution in [0.5, 0.6) is 0 Å². The quantitative estimate of drug-likeness (QED) is 0.697. The Kier molecular flexibility index (Phi) is 3.80. The van der Waals surface area contributed by atoms with E-state index in [1.807, 2.05) is 28.9 Å². The van der Waals surface area contributed by atoms with Gasteiger partial charge >= 0.3 is 5.97 Å². The van der Waals surface area contributed by atoms with E-state index in [2.05, 4.69) is 9.72 Å². The summed E-state index contributed by atoms with van der Waals surface area (Å²) >= 11 is 0. The van der Waals surface area contributed by atoms with Crippen molar-refractivity contribution in [2.75, 3.05) is 19.1 Å². The highest BCUT2D eigenvalue weighted by atomic mass is 16.5. The van der Waals surface area contributed by atoms with Crippen molar-refractivity contribution in [1.29, 1.82) is 0 Å². The average Bonchev–Trinajstić information content (AvgIpc) is 3.07. The van der Waals surface area contributed by atoms with Gasteiger partial charge < -0.3 is 14.0 Å². The van der Waals surface area contributed by atoms with Crippen molar-refractivity contribution in [3.05, 3.63) is 66.1 Å². The van der Waals surface area contributed by atoms with Crippen LogP contribution in [0.25, 0.3) is 5.65 Å². The number of carbonyl (C=O) groups is 2. The number of benzene rings is 1. The smallest absolute Gasteiger partial charge is 0.337 e. The van der Waals surface area contributed by atoms with Gasteiger partial charge in [0.25, 0.3) is 5.91 Å². The van der Waals surface area contributed by atoms with Crippen LogP contribution in [0.4, 0.5) is 5.69 Å². The monoisotopic (exact) mass is 309 g/mol.